The summed E-state index contributed by atoms with van der Waals surface area (Å²) in [5.41, 5.74) is 5.74. The second-order valence-electron chi connectivity index (χ2n) is 5.94. The van der Waals surface area contributed by atoms with E-state index in [2.05, 4.69) is 30.0 Å². The van der Waals surface area contributed by atoms with Gasteiger partial charge in [0.2, 0.25) is 0 Å². The topological polar surface area (TPSA) is 60.6 Å². The van der Waals surface area contributed by atoms with Crippen molar-refractivity contribution in [2.24, 2.45) is 0 Å². The van der Waals surface area contributed by atoms with Gasteiger partial charge in [-0.05, 0) is 46.2 Å². The highest BCUT2D eigenvalue weighted by Crippen LogP contribution is 2.41. The molecule has 5 nitrogen and oxygen atoms in total. The lowest BCUT2D eigenvalue weighted by Crippen LogP contribution is -2.51. The van der Waals surface area contributed by atoms with Crippen molar-refractivity contribution in [3.63, 3.8) is 0 Å². The fourth-order valence-electron chi connectivity index (χ4n) is 2.44. The Morgan fingerprint density at radius 3 is 2.79 bits per heavy atom. The number of anilines is 2. The molecule has 0 radical (unpaired) electrons. The summed E-state index contributed by atoms with van der Waals surface area (Å²) >= 11 is 1.40. The summed E-state index contributed by atoms with van der Waals surface area (Å²) in [6, 6.07) is 0. The molecule has 2 rings (SSSR count). The molecule has 0 aromatic carbocycles. The highest BCUT2D eigenvalue weighted by atomic mass is 32.1. The molecule has 6 heteroatoms. The number of nitrogens with zero attached hydrogens (tertiary/aromatic N) is 2. The standard InChI is InChI=1S/C13H23N3O2S/c1-8(2)17-10-11(14)15-19-12(10)16-6-9(3)18-13(4,5)7-16/h8-9H,6-7H2,1-5H3,(H2,14,15). The lowest BCUT2D eigenvalue weighted by Gasteiger charge is -2.42. The maximum Gasteiger partial charge on any atom is 0.198 e. The van der Waals surface area contributed by atoms with Gasteiger partial charge in [-0.3, -0.25) is 0 Å². The Kier molecular flexibility index (Phi) is 3.92. The van der Waals surface area contributed by atoms with E-state index in [-0.39, 0.29) is 17.8 Å². The molecule has 0 saturated carbocycles. The molecule has 108 valence electrons. The van der Waals surface area contributed by atoms with E-state index in [1.807, 2.05) is 13.8 Å². The predicted molar refractivity (Wildman–Crippen MR) is 79.1 cm³/mol. The number of ether oxygens (including phenoxy) is 2. The lowest BCUT2D eigenvalue weighted by molar-refractivity contribution is -0.0748. The first-order valence-electron chi connectivity index (χ1n) is 6.63. The first-order chi connectivity index (χ1) is 8.78. The van der Waals surface area contributed by atoms with Gasteiger partial charge in [-0.15, -0.1) is 0 Å². The van der Waals surface area contributed by atoms with Gasteiger partial charge in [0.1, 0.15) is 0 Å². The second kappa shape index (κ2) is 5.17. The number of aromatic nitrogens is 1. The van der Waals surface area contributed by atoms with Crippen LogP contribution in [0.3, 0.4) is 0 Å². The van der Waals surface area contributed by atoms with Crippen molar-refractivity contribution in [2.45, 2.75) is 52.4 Å². The smallest absolute Gasteiger partial charge is 0.198 e. The van der Waals surface area contributed by atoms with Gasteiger partial charge in [-0.1, -0.05) is 0 Å². The van der Waals surface area contributed by atoms with E-state index in [0.29, 0.717) is 11.6 Å². The third-order valence-corrected chi connectivity index (χ3v) is 3.77. The molecule has 1 atom stereocenters. The molecule has 1 aromatic heterocycles. The highest BCUT2D eigenvalue weighted by molar-refractivity contribution is 7.11. The maximum atomic E-state index is 5.92. The van der Waals surface area contributed by atoms with Crippen LogP contribution in [0.5, 0.6) is 5.75 Å². The first kappa shape index (κ1) is 14.4. The summed E-state index contributed by atoms with van der Waals surface area (Å²) in [6.07, 6.45) is 0.267. The van der Waals surface area contributed by atoms with Crippen LogP contribution in [-0.4, -0.2) is 35.3 Å². The molecule has 0 spiro atoms. The zero-order valence-electron chi connectivity index (χ0n) is 12.3. The Balaban J connectivity index is 2.26. The Bertz CT molecular complexity index is 445. The summed E-state index contributed by atoms with van der Waals surface area (Å²) < 4.78 is 16.0. The van der Waals surface area contributed by atoms with E-state index < -0.39 is 0 Å². The normalized spacial score (nSPS) is 22.8. The van der Waals surface area contributed by atoms with Crippen molar-refractivity contribution in [1.29, 1.82) is 0 Å². The van der Waals surface area contributed by atoms with Crippen LogP contribution in [0.2, 0.25) is 0 Å². The number of morpholine rings is 1. The van der Waals surface area contributed by atoms with Crippen LogP contribution in [0.4, 0.5) is 10.8 Å². The lowest BCUT2D eigenvalue weighted by atomic mass is 10.1. The Hall–Kier alpha value is -1.01. The van der Waals surface area contributed by atoms with Crippen molar-refractivity contribution in [3.8, 4) is 5.75 Å². The van der Waals surface area contributed by atoms with E-state index in [4.69, 9.17) is 15.2 Å². The van der Waals surface area contributed by atoms with Gasteiger partial charge in [0, 0.05) is 13.1 Å². The van der Waals surface area contributed by atoms with Crippen molar-refractivity contribution in [1.82, 2.24) is 4.37 Å². The van der Waals surface area contributed by atoms with E-state index in [0.717, 1.165) is 18.1 Å². The van der Waals surface area contributed by atoms with Gasteiger partial charge < -0.3 is 20.1 Å². The molecule has 2 heterocycles. The van der Waals surface area contributed by atoms with E-state index in [9.17, 15) is 0 Å². The monoisotopic (exact) mass is 285 g/mol. The van der Waals surface area contributed by atoms with Crippen LogP contribution in [0.25, 0.3) is 0 Å². The second-order valence-corrected chi connectivity index (χ2v) is 6.69. The zero-order valence-corrected chi connectivity index (χ0v) is 13.1. The van der Waals surface area contributed by atoms with Crippen LogP contribution in [-0.2, 0) is 4.74 Å². The van der Waals surface area contributed by atoms with Gasteiger partial charge in [0.15, 0.2) is 16.6 Å². The van der Waals surface area contributed by atoms with Crippen molar-refractivity contribution < 1.29 is 9.47 Å². The van der Waals surface area contributed by atoms with Gasteiger partial charge in [-0.25, -0.2) is 0 Å². The summed E-state index contributed by atoms with van der Waals surface area (Å²) in [7, 11) is 0. The van der Waals surface area contributed by atoms with Crippen molar-refractivity contribution in [2.75, 3.05) is 23.7 Å². The quantitative estimate of drug-likeness (QED) is 0.924. The molecule has 1 saturated heterocycles. The molecule has 1 aliphatic rings. The average molecular weight is 285 g/mol. The number of nitrogens with two attached hydrogens (primary N) is 1. The molecule has 19 heavy (non-hydrogen) atoms. The number of nitrogen functional groups attached to an aromatic ring is 1. The van der Waals surface area contributed by atoms with Gasteiger partial charge >= 0.3 is 0 Å². The van der Waals surface area contributed by atoms with Gasteiger partial charge in [-0.2, -0.15) is 4.37 Å². The molecule has 0 amide bonds. The summed E-state index contributed by atoms with van der Waals surface area (Å²) in [5, 5.41) is 1.01. The minimum atomic E-state index is -0.175. The van der Waals surface area contributed by atoms with Gasteiger partial charge in [0.25, 0.3) is 0 Å². The summed E-state index contributed by atoms with van der Waals surface area (Å²) in [4.78, 5) is 2.26. The first-order valence-corrected chi connectivity index (χ1v) is 7.40. The molecule has 1 aromatic rings. The number of rotatable bonds is 3. The molecule has 0 bridgehead atoms. The van der Waals surface area contributed by atoms with Crippen molar-refractivity contribution in [3.05, 3.63) is 0 Å². The summed E-state index contributed by atoms with van der Waals surface area (Å²) in [6.45, 7) is 11.9. The number of hydrogen-bond donors (Lipinski definition) is 1. The zero-order chi connectivity index (χ0) is 14.2. The molecular weight excluding hydrogens is 262 g/mol. The van der Waals surface area contributed by atoms with Crippen LogP contribution in [0.15, 0.2) is 0 Å². The van der Waals surface area contributed by atoms with Crippen LogP contribution >= 0.6 is 11.5 Å². The Labute approximate surface area is 118 Å². The molecule has 0 aliphatic carbocycles. The minimum Gasteiger partial charge on any atom is -0.484 e. The SMILES string of the molecule is CC(C)Oc1c(N)nsc1N1CC(C)OC(C)(C)C1. The van der Waals surface area contributed by atoms with E-state index >= 15 is 0 Å². The number of hydrogen-bond acceptors (Lipinski definition) is 6. The summed E-state index contributed by atoms with van der Waals surface area (Å²) in [5.74, 6) is 1.19. The predicted octanol–water partition coefficient (Wildman–Crippen LogP) is 2.52. The Morgan fingerprint density at radius 1 is 1.53 bits per heavy atom. The van der Waals surface area contributed by atoms with Crippen LogP contribution < -0.4 is 15.4 Å². The molecular formula is C13H23N3O2S. The molecule has 1 fully saturated rings. The molecule has 1 unspecified atom stereocenters. The third kappa shape index (κ3) is 3.30. The van der Waals surface area contributed by atoms with Crippen LogP contribution in [0, 0.1) is 0 Å². The minimum absolute atomic E-state index is 0.0870. The van der Waals surface area contributed by atoms with E-state index in [1.165, 1.54) is 11.5 Å². The third-order valence-electron chi connectivity index (χ3n) is 2.87. The largest absolute Gasteiger partial charge is 0.484 e. The van der Waals surface area contributed by atoms with Crippen molar-refractivity contribution >= 4 is 22.4 Å². The fourth-order valence-corrected chi connectivity index (χ4v) is 3.20. The molecule has 2 N–H and O–H groups in total. The highest BCUT2D eigenvalue weighted by Gasteiger charge is 2.34. The van der Waals surface area contributed by atoms with E-state index in [1.54, 1.807) is 0 Å². The maximum absolute atomic E-state index is 5.92. The average Bonchev–Trinajstić information content (AvgIpc) is 2.57. The van der Waals surface area contributed by atoms with Gasteiger partial charge in [0.05, 0.1) is 17.8 Å². The fraction of sp³-hybridized carbons (Fsp3) is 0.769. The van der Waals surface area contributed by atoms with Crippen LogP contribution in [0.1, 0.15) is 34.6 Å². The Morgan fingerprint density at radius 2 is 2.21 bits per heavy atom. The molecule has 1 aliphatic heterocycles.